The summed E-state index contributed by atoms with van der Waals surface area (Å²) in [7, 11) is -8.68. The van der Waals surface area contributed by atoms with Gasteiger partial charge < -0.3 is 29.6 Å². The van der Waals surface area contributed by atoms with Crippen molar-refractivity contribution in [2.75, 3.05) is 12.4 Å². The summed E-state index contributed by atoms with van der Waals surface area (Å²) >= 11 is 0. The first-order valence-electron chi connectivity index (χ1n) is 6.59. The molecular weight excluding hydrogens is 358 g/mol. The van der Waals surface area contributed by atoms with Gasteiger partial charge in [-0.05, 0) is 35.4 Å². The zero-order valence-corrected chi connectivity index (χ0v) is 14.3. The summed E-state index contributed by atoms with van der Waals surface area (Å²) in [4.78, 5) is 40.4. The third-order valence-electron chi connectivity index (χ3n) is 3.08. The van der Waals surface area contributed by atoms with Gasteiger partial charge >= 0.3 is 15.2 Å². The topological polar surface area (TPSA) is 149 Å². The van der Waals surface area contributed by atoms with Crippen LogP contribution < -0.4 is 10.1 Å². The predicted molar refractivity (Wildman–Crippen MR) is 87.7 cm³/mol. The fourth-order valence-electron chi connectivity index (χ4n) is 1.99. The Kier molecular flexibility index (Phi) is 5.45. The van der Waals surface area contributed by atoms with E-state index in [1.54, 1.807) is 30.3 Å². The lowest BCUT2D eigenvalue weighted by molar-refractivity contribution is 0.343. The highest BCUT2D eigenvalue weighted by atomic mass is 31.2. The average Bonchev–Trinajstić information content (AvgIpc) is 2.51. The van der Waals surface area contributed by atoms with Crippen molar-refractivity contribution in [1.29, 1.82) is 0 Å². The molecular formula is C13H16N2O7P2. The molecule has 9 nitrogen and oxygen atoms in total. The number of ether oxygens (including phenoxy) is 1. The van der Waals surface area contributed by atoms with E-state index in [9.17, 15) is 9.13 Å². The molecule has 0 saturated carbocycles. The molecule has 0 aliphatic heterocycles. The van der Waals surface area contributed by atoms with E-state index in [1.165, 1.54) is 19.4 Å². The van der Waals surface area contributed by atoms with Crippen molar-refractivity contribution in [3.8, 4) is 16.9 Å². The number of aromatic nitrogens is 1. The molecule has 0 bridgehead atoms. The largest absolute Gasteiger partial charge is 0.497 e. The average molecular weight is 374 g/mol. The van der Waals surface area contributed by atoms with Crippen LogP contribution in [-0.4, -0.2) is 37.2 Å². The van der Waals surface area contributed by atoms with Crippen molar-refractivity contribution >= 4 is 21.0 Å². The van der Waals surface area contributed by atoms with E-state index in [0.29, 0.717) is 11.3 Å². The van der Waals surface area contributed by atoms with Crippen molar-refractivity contribution in [3.63, 3.8) is 0 Å². The molecule has 0 aliphatic carbocycles. The molecule has 0 saturated heterocycles. The van der Waals surface area contributed by atoms with E-state index in [1.807, 2.05) is 0 Å². The number of rotatable bonds is 6. The van der Waals surface area contributed by atoms with Crippen LogP contribution in [0.25, 0.3) is 11.1 Å². The van der Waals surface area contributed by atoms with E-state index < -0.39 is 20.7 Å². The Labute approximate surface area is 137 Å². The quantitative estimate of drug-likeness (QED) is 0.477. The normalized spacial score (nSPS) is 12.2. The first-order chi connectivity index (χ1) is 11.1. The molecule has 24 heavy (non-hydrogen) atoms. The van der Waals surface area contributed by atoms with Gasteiger partial charge in [-0.3, -0.25) is 9.13 Å². The second-order valence-electron chi connectivity index (χ2n) is 4.86. The summed E-state index contributed by atoms with van der Waals surface area (Å²) in [5.74, 6) is 0.536. The maximum absolute atomic E-state index is 11.3. The van der Waals surface area contributed by atoms with Gasteiger partial charge in [0.25, 0.3) is 0 Å². The summed E-state index contributed by atoms with van der Waals surface area (Å²) in [5.41, 5.74) is -0.997. The molecule has 2 rings (SSSR count). The molecule has 0 amide bonds. The van der Waals surface area contributed by atoms with E-state index in [2.05, 4.69) is 10.3 Å². The Morgan fingerprint density at radius 1 is 1.04 bits per heavy atom. The van der Waals surface area contributed by atoms with Crippen LogP contribution in [-0.2, 0) is 9.13 Å². The summed E-state index contributed by atoms with van der Waals surface area (Å²) in [6.45, 7) is 0. The zero-order valence-electron chi connectivity index (χ0n) is 12.5. The Balaban J connectivity index is 2.36. The van der Waals surface area contributed by atoms with Crippen LogP contribution in [0.15, 0.2) is 42.6 Å². The molecule has 0 radical (unpaired) electrons. The molecule has 0 aliphatic rings. The summed E-state index contributed by atoms with van der Waals surface area (Å²) in [5, 5.41) is 2.13. The smallest absolute Gasteiger partial charge is 0.360 e. The first-order valence-corrected chi connectivity index (χ1v) is 9.95. The van der Waals surface area contributed by atoms with Gasteiger partial charge in [0.15, 0.2) is 0 Å². The fraction of sp³-hybridized carbons (Fsp3) is 0.154. The predicted octanol–water partition coefficient (Wildman–Crippen LogP) is 1.81. The third kappa shape index (κ3) is 4.64. The molecule has 1 aromatic heterocycles. The lowest BCUT2D eigenvalue weighted by Crippen LogP contribution is -2.20. The number of nitrogens with zero attached hydrogens (tertiary/aromatic N) is 1. The van der Waals surface area contributed by atoms with Crippen LogP contribution in [0, 0.1) is 0 Å². The maximum atomic E-state index is 11.3. The SMILES string of the molecule is COc1cccc(-c2ccnc(NC(P(=O)(O)O)P(=O)(O)O)c2)c1. The monoisotopic (exact) mass is 374 g/mol. The third-order valence-corrected chi connectivity index (χ3v) is 6.41. The fourth-order valence-corrected chi connectivity index (χ4v) is 4.16. The van der Waals surface area contributed by atoms with Gasteiger partial charge in [-0.25, -0.2) is 4.98 Å². The molecule has 0 unspecified atom stereocenters. The standard InChI is InChI=1S/C13H16N2O7P2/c1-22-11-4-2-3-9(7-11)10-5-6-14-12(8-10)15-13(23(16,17)18)24(19,20)21/h2-8,13H,1H3,(H,14,15)(H2,16,17,18)(H2,19,20,21). The van der Waals surface area contributed by atoms with Gasteiger partial charge in [-0.2, -0.15) is 0 Å². The van der Waals surface area contributed by atoms with Crippen LogP contribution in [0.2, 0.25) is 0 Å². The number of anilines is 1. The second-order valence-corrected chi connectivity index (χ2v) is 8.65. The molecule has 130 valence electrons. The van der Waals surface area contributed by atoms with Gasteiger partial charge in [-0.15, -0.1) is 0 Å². The maximum Gasteiger partial charge on any atom is 0.360 e. The van der Waals surface area contributed by atoms with Crippen molar-refractivity contribution in [3.05, 3.63) is 42.6 Å². The summed E-state index contributed by atoms with van der Waals surface area (Å²) in [6.07, 6.45) is 1.35. The van der Waals surface area contributed by atoms with Gasteiger partial charge in [0.2, 0.25) is 5.52 Å². The molecule has 1 heterocycles. The molecule has 0 fully saturated rings. The molecule has 11 heteroatoms. The Bertz CT molecular complexity index is 795. The number of hydrogen-bond donors (Lipinski definition) is 5. The van der Waals surface area contributed by atoms with Crippen LogP contribution in [0.1, 0.15) is 0 Å². The van der Waals surface area contributed by atoms with Crippen LogP contribution in [0.3, 0.4) is 0 Å². The van der Waals surface area contributed by atoms with E-state index in [-0.39, 0.29) is 5.82 Å². The van der Waals surface area contributed by atoms with E-state index >= 15 is 0 Å². The molecule has 2 aromatic rings. The number of methoxy groups -OCH3 is 1. The number of hydrogen-bond acceptors (Lipinski definition) is 5. The Hall–Kier alpha value is -1.73. The summed E-state index contributed by atoms with van der Waals surface area (Å²) < 4.78 is 27.8. The van der Waals surface area contributed by atoms with Crippen LogP contribution in [0.5, 0.6) is 5.75 Å². The minimum atomic E-state index is -5.10. The van der Waals surface area contributed by atoms with Gasteiger partial charge in [-0.1, -0.05) is 12.1 Å². The van der Waals surface area contributed by atoms with Crippen LogP contribution >= 0.6 is 15.2 Å². The Morgan fingerprint density at radius 2 is 1.67 bits per heavy atom. The first kappa shape index (κ1) is 18.6. The molecule has 0 atom stereocenters. The van der Waals surface area contributed by atoms with E-state index in [0.717, 1.165) is 5.56 Å². The number of benzene rings is 1. The van der Waals surface area contributed by atoms with Crippen molar-refractivity contribution in [2.45, 2.75) is 5.52 Å². The number of pyridine rings is 1. The van der Waals surface area contributed by atoms with Crippen molar-refractivity contribution < 1.29 is 33.4 Å². The molecule has 1 aromatic carbocycles. The highest BCUT2D eigenvalue weighted by molar-refractivity contribution is 7.71. The molecule has 5 N–H and O–H groups in total. The number of nitrogens with one attached hydrogen (secondary N) is 1. The van der Waals surface area contributed by atoms with E-state index in [4.69, 9.17) is 24.3 Å². The van der Waals surface area contributed by atoms with Gasteiger partial charge in [0.1, 0.15) is 11.6 Å². The van der Waals surface area contributed by atoms with Crippen LogP contribution in [0.4, 0.5) is 5.82 Å². The minimum absolute atomic E-state index is 0.0769. The van der Waals surface area contributed by atoms with Crippen molar-refractivity contribution in [1.82, 2.24) is 4.98 Å². The lowest BCUT2D eigenvalue weighted by atomic mass is 10.1. The lowest BCUT2D eigenvalue weighted by Gasteiger charge is -2.21. The second kappa shape index (κ2) is 7.03. The highest BCUT2D eigenvalue weighted by Gasteiger charge is 2.43. The summed E-state index contributed by atoms with van der Waals surface area (Å²) in [6, 6.07) is 10.1. The highest BCUT2D eigenvalue weighted by Crippen LogP contribution is 2.59. The Morgan fingerprint density at radius 3 is 2.25 bits per heavy atom. The van der Waals surface area contributed by atoms with Gasteiger partial charge in [0.05, 0.1) is 7.11 Å². The zero-order chi connectivity index (χ0) is 18.0. The van der Waals surface area contributed by atoms with Gasteiger partial charge in [0, 0.05) is 6.20 Å². The minimum Gasteiger partial charge on any atom is -0.497 e. The molecule has 0 spiro atoms. The van der Waals surface area contributed by atoms with Crippen molar-refractivity contribution in [2.24, 2.45) is 0 Å².